The van der Waals surface area contributed by atoms with Crippen LogP contribution in [0.4, 0.5) is 5.82 Å². The van der Waals surface area contributed by atoms with Gasteiger partial charge in [0.1, 0.15) is 11.5 Å². The molecule has 4 N–H and O–H groups in total. The molecule has 1 aliphatic carbocycles. The molecule has 1 fully saturated rings. The Morgan fingerprint density at radius 1 is 1.41 bits per heavy atom. The van der Waals surface area contributed by atoms with Gasteiger partial charge in [-0.1, -0.05) is 18.9 Å². The van der Waals surface area contributed by atoms with Crippen molar-refractivity contribution in [3.63, 3.8) is 0 Å². The molecule has 17 heavy (non-hydrogen) atoms. The van der Waals surface area contributed by atoms with Crippen LogP contribution < -0.4 is 16.6 Å². The second-order valence-electron chi connectivity index (χ2n) is 4.77. The molecule has 1 aliphatic rings. The summed E-state index contributed by atoms with van der Waals surface area (Å²) in [6.07, 6.45) is 4.42. The van der Waals surface area contributed by atoms with Gasteiger partial charge in [0.15, 0.2) is 0 Å². The van der Waals surface area contributed by atoms with Crippen molar-refractivity contribution in [1.82, 2.24) is 10.3 Å². The number of anilines is 1. The van der Waals surface area contributed by atoms with Crippen LogP contribution in [0, 0.1) is 0 Å². The average molecular weight is 234 g/mol. The van der Waals surface area contributed by atoms with Gasteiger partial charge in [0.25, 0.3) is 5.91 Å². The molecule has 0 aliphatic heterocycles. The lowest BCUT2D eigenvalue weighted by Crippen LogP contribution is -2.43. The Kier molecular flexibility index (Phi) is 3.28. The van der Waals surface area contributed by atoms with E-state index in [1.165, 1.54) is 12.8 Å². The number of rotatable bonds is 3. The predicted molar refractivity (Wildman–Crippen MR) is 66.4 cm³/mol. The monoisotopic (exact) mass is 234 g/mol. The van der Waals surface area contributed by atoms with E-state index in [4.69, 9.17) is 5.84 Å². The molecule has 1 amide bonds. The second kappa shape index (κ2) is 4.71. The fourth-order valence-corrected chi connectivity index (χ4v) is 2.26. The zero-order valence-corrected chi connectivity index (χ0v) is 9.99. The maximum atomic E-state index is 12.0. The topological polar surface area (TPSA) is 80.0 Å². The zero-order chi connectivity index (χ0) is 12.3. The van der Waals surface area contributed by atoms with Crippen LogP contribution in [-0.4, -0.2) is 16.4 Å². The molecule has 0 atom stereocenters. The lowest BCUT2D eigenvalue weighted by molar-refractivity contribution is 0.0903. The van der Waals surface area contributed by atoms with Crippen LogP contribution in [0.2, 0.25) is 0 Å². The van der Waals surface area contributed by atoms with E-state index in [1.807, 2.05) is 0 Å². The molecular formula is C12H18N4O. The molecule has 1 saturated carbocycles. The van der Waals surface area contributed by atoms with Crippen LogP contribution in [0.25, 0.3) is 0 Å². The van der Waals surface area contributed by atoms with Gasteiger partial charge >= 0.3 is 0 Å². The Morgan fingerprint density at radius 2 is 2.12 bits per heavy atom. The summed E-state index contributed by atoms with van der Waals surface area (Å²) < 4.78 is 0. The maximum absolute atomic E-state index is 12.0. The van der Waals surface area contributed by atoms with Gasteiger partial charge in [0.2, 0.25) is 0 Å². The molecule has 1 aromatic rings. The first-order valence-corrected chi connectivity index (χ1v) is 5.89. The fourth-order valence-electron chi connectivity index (χ4n) is 2.26. The Morgan fingerprint density at radius 3 is 2.76 bits per heavy atom. The maximum Gasteiger partial charge on any atom is 0.270 e. The van der Waals surface area contributed by atoms with E-state index in [0.29, 0.717) is 11.5 Å². The summed E-state index contributed by atoms with van der Waals surface area (Å²) in [4.78, 5) is 16.1. The summed E-state index contributed by atoms with van der Waals surface area (Å²) in [5, 5.41) is 3.05. The van der Waals surface area contributed by atoms with Crippen LogP contribution in [0.3, 0.4) is 0 Å². The number of carbonyl (C=O) groups is 1. The number of aromatic nitrogens is 1. The summed E-state index contributed by atoms with van der Waals surface area (Å²) in [7, 11) is 0. The highest BCUT2D eigenvalue weighted by atomic mass is 16.2. The van der Waals surface area contributed by atoms with E-state index in [2.05, 4.69) is 22.7 Å². The lowest BCUT2D eigenvalue weighted by Gasteiger charge is -2.25. The number of hydrogen-bond acceptors (Lipinski definition) is 4. The van der Waals surface area contributed by atoms with Crippen molar-refractivity contribution in [1.29, 1.82) is 0 Å². The van der Waals surface area contributed by atoms with Crippen molar-refractivity contribution in [2.24, 2.45) is 5.84 Å². The molecule has 0 aromatic carbocycles. The summed E-state index contributed by atoms with van der Waals surface area (Å²) in [5.41, 5.74) is 2.75. The molecule has 0 radical (unpaired) electrons. The highest BCUT2D eigenvalue weighted by Crippen LogP contribution is 2.29. The first kappa shape index (κ1) is 11.9. The quantitative estimate of drug-likeness (QED) is 0.546. The van der Waals surface area contributed by atoms with Gasteiger partial charge in [0.05, 0.1) is 0 Å². The third-order valence-electron chi connectivity index (χ3n) is 3.25. The molecular weight excluding hydrogens is 216 g/mol. The van der Waals surface area contributed by atoms with E-state index >= 15 is 0 Å². The van der Waals surface area contributed by atoms with Gasteiger partial charge in [-0.3, -0.25) is 4.79 Å². The van der Waals surface area contributed by atoms with Crippen LogP contribution in [0.15, 0.2) is 18.2 Å². The van der Waals surface area contributed by atoms with Crippen LogP contribution >= 0.6 is 0 Å². The zero-order valence-electron chi connectivity index (χ0n) is 9.99. The summed E-state index contributed by atoms with van der Waals surface area (Å²) in [6, 6.07) is 5.16. The minimum absolute atomic E-state index is 0.0785. The third kappa shape index (κ3) is 2.74. The Balaban J connectivity index is 2.08. The Labute approximate surface area is 101 Å². The van der Waals surface area contributed by atoms with Crippen molar-refractivity contribution in [2.45, 2.75) is 38.1 Å². The highest BCUT2D eigenvalue weighted by molar-refractivity contribution is 5.93. The largest absolute Gasteiger partial charge is 0.346 e. The summed E-state index contributed by atoms with van der Waals surface area (Å²) >= 11 is 0. The highest BCUT2D eigenvalue weighted by Gasteiger charge is 2.30. The predicted octanol–water partition coefficient (Wildman–Crippen LogP) is 1.43. The number of pyridine rings is 1. The molecule has 0 bridgehead atoms. The van der Waals surface area contributed by atoms with Gasteiger partial charge in [0, 0.05) is 5.54 Å². The van der Waals surface area contributed by atoms with Crippen molar-refractivity contribution in [3.05, 3.63) is 23.9 Å². The van der Waals surface area contributed by atoms with Crippen molar-refractivity contribution in [3.8, 4) is 0 Å². The number of nitrogens with zero attached hydrogens (tertiary/aromatic N) is 1. The number of carbonyl (C=O) groups excluding carboxylic acids is 1. The number of hydrazine groups is 1. The Bertz CT molecular complexity index is 413. The number of nitrogens with two attached hydrogens (primary N) is 1. The molecule has 1 heterocycles. The fraction of sp³-hybridized carbons (Fsp3) is 0.500. The minimum Gasteiger partial charge on any atom is -0.346 e. The number of hydrogen-bond donors (Lipinski definition) is 3. The van der Waals surface area contributed by atoms with E-state index in [0.717, 1.165) is 12.8 Å². The van der Waals surface area contributed by atoms with Crippen LogP contribution in [0.5, 0.6) is 0 Å². The third-order valence-corrected chi connectivity index (χ3v) is 3.25. The van der Waals surface area contributed by atoms with E-state index < -0.39 is 0 Å². The van der Waals surface area contributed by atoms with Gasteiger partial charge in [-0.2, -0.15) is 0 Å². The van der Waals surface area contributed by atoms with Gasteiger partial charge in [-0.05, 0) is 31.9 Å². The molecule has 2 rings (SSSR count). The van der Waals surface area contributed by atoms with Gasteiger partial charge in [-0.15, -0.1) is 0 Å². The van der Waals surface area contributed by atoms with Crippen molar-refractivity contribution in [2.75, 3.05) is 5.43 Å². The van der Waals surface area contributed by atoms with Crippen LogP contribution in [0.1, 0.15) is 43.1 Å². The SMILES string of the molecule is CC1(NC(=O)c2cccc(NN)n2)CCCC1. The molecule has 5 nitrogen and oxygen atoms in total. The number of nitrogen functional groups attached to an aromatic ring is 1. The van der Waals surface area contributed by atoms with Crippen molar-refractivity contribution >= 4 is 11.7 Å². The molecule has 0 saturated heterocycles. The lowest BCUT2D eigenvalue weighted by atomic mass is 10.0. The van der Waals surface area contributed by atoms with Gasteiger partial charge in [-0.25, -0.2) is 10.8 Å². The molecule has 0 unspecified atom stereocenters. The van der Waals surface area contributed by atoms with E-state index in [-0.39, 0.29) is 11.4 Å². The summed E-state index contributed by atoms with van der Waals surface area (Å²) in [6.45, 7) is 2.09. The normalized spacial score (nSPS) is 17.8. The molecule has 0 spiro atoms. The first-order chi connectivity index (χ1) is 8.13. The summed E-state index contributed by atoms with van der Waals surface area (Å²) in [5.74, 6) is 5.63. The second-order valence-corrected chi connectivity index (χ2v) is 4.77. The molecule has 1 aromatic heterocycles. The van der Waals surface area contributed by atoms with E-state index in [1.54, 1.807) is 18.2 Å². The number of nitrogens with one attached hydrogen (secondary N) is 2. The Hall–Kier alpha value is -1.62. The smallest absolute Gasteiger partial charge is 0.270 e. The standard InChI is InChI=1S/C12H18N4O/c1-12(7-2-3-8-12)15-11(17)9-5-4-6-10(14-9)16-13/h4-6H,2-3,7-8,13H2,1H3,(H,14,16)(H,15,17). The molecule has 92 valence electrons. The van der Waals surface area contributed by atoms with Gasteiger partial charge < -0.3 is 10.7 Å². The number of amides is 1. The van der Waals surface area contributed by atoms with E-state index in [9.17, 15) is 4.79 Å². The first-order valence-electron chi connectivity index (χ1n) is 5.89. The minimum atomic E-state index is -0.133. The average Bonchev–Trinajstić information content (AvgIpc) is 2.76. The van der Waals surface area contributed by atoms with Crippen molar-refractivity contribution < 1.29 is 4.79 Å². The molecule has 5 heteroatoms. The van der Waals surface area contributed by atoms with Crippen LogP contribution in [-0.2, 0) is 0 Å².